The molecule has 0 aromatic rings. The molecule has 0 saturated carbocycles. The van der Waals surface area contributed by atoms with Crippen molar-refractivity contribution >= 4 is 6.21 Å². The maximum Gasteiger partial charge on any atom is 0.121 e. The number of piperazine rings is 1. The minimum absolute atomic E-state index is 1.06. The number of hydrogen-bond donors (Lipinski definition) is 2. The van der Waals surface area contributed by atoms with Crippen LogP contribution in [-0.2, 0) is 0 Å². The van der Waals surface area contributed by atoms with Gasteiger partial charge in [-0.3, -0.25) is 4.99 Å². The molecule has 4 heteroatoms. The Balaban J connectivity index is 1.97. The number of hydrogen-bond acceptors (Lipinski definition) is 4. The highest BCUT2D eigenvalue weighted by Crippen LogP contribution is 2.04. The summed E-state index contributed by atoms with van der Waals surface area (Å²) in [6.07, 6.45) is 3.62. The van der Waals surface area contributed by atoms with Crippen LogP contribution in [0.25, 0.3) is 0 Å². The summed E-state index contributed by atoms with van der Waals surface area (Å²) in [5, 5.41) is 6.48. The third kappa shape index (κ3) is 1.58. The molecule has 2 N–H and O–H groups in total. The van der Waals surface area contributed by atoms with Gasteiger partial charge >= 0.3 is 0 Å². The number of nitrogens with zero attached hydrogens (tertiary/aromatic N) is 2. The first-order valence-electron chi connectivity index (χ1n) is 4.24. The molecule has 0 aliphatic carbocycles. The molecule has 1 radical (unpaired) electrons. The molecule has 2 rings (SSSR count). The van der Waals surface area contributed by atoms with E-state index in [1.165, 1.54) is 0 Å². The molecule has 0 amide bonds. The second-order valence-electron chi connectivity index (χ2n) is 2.86. The SMILES string of the molecule is [CH]1C=NC=C(N2CCNCC2)N1. The van der Waals surface area contributed by atoms with Gasteiger partial charge in [0.2, 0.25) is 0 Å². The molecule has 0 aromatic heterocycles. The Morgan fingerprint density at radius 2 is 2.17 bits per heavy atom. The maximum atomic E-state index is 4.07. The molecule has 2 heterocycles. The van der Waals surface area contributed by atoms with Crippen molar-refractivity contribution in [3.05, 3.63) is 18.6 Å². The van der Waals surface area contributed by atoms with Gasteiger partial charge in [0.25, 0.3) is 0 Å². The quantitative estimate of drug-likeness (QED) is 0.551. The van der Waals surface area contributed by atoms with E-state index in [0.717, 1.165) is 32.0 Å². The fourth-order valence-electron chi connectivity index (χ4n) is 1.40. The summed E-state index contributed by atoms with van der Waals surface area (Å²) in [7, 11) is 0. The van der Waals surface area contributed by atoms with Gasteiger partial charge in [0.1, 0.15) is 5.82 Å². The van der Waals surface area contributed by atoms with Crippen LogP contribution in [0.3, 0.4) is 0 Å². The number of aliphatic imine (C=N–C) groups is 1. The summed E-state index contributed by atoms with van der Waals surface area (Å²) in [5.74, 6) is 1.11. The van der Waals surface area contributed by atoms with Crippen LogP contribution in [0.4, 0.5) is 0 Å². The molecule has 0 bridgehead atoms. The zero-order chi connectivity index (χ0) is 8.23. The molecule has 0 atom stereocenters. The largest absolute Gasteiger partial charge is 0.360 e. The zero-order valence-corrected chi connectivity index (χ0v) is 6.95. The van der Waals surface area contributed by atoms with Crippen LogP contribution in [0.5, 0.6) is 0 Å². The molecular formula is C8H13N4. The molecule has 2 aliphatic rings. The van der Waals surface area contributed by atoms with Crippen molar-refractivity contribution in [3.8, 4) is 0 Å². The standard InChI is InChI=1S/C8H13N4/c1-2-11-8(7-10-1)12-5-3-9-4-6-12/h1-2,7,9,11H,3-6H2. The lowest BCUT2D eigenvalue weighted by molar-refractivity contribution is 0.284. The van der Waals surface area contributed by atoms with E-state index in [-0.39, 0.29) is 0 Å². The lowest BCUT2D eigenvalue weighted by atomic mass is 10.3. The molecule has 0 unspecified atom stereocenters. The van der Waals surface area contributed by atoms with E-state index in [2.05, 4.69) is 20.5 Å². The maximum absolute atomic E-state index is 4.07. The zero-order valence-electron chi connectivity index (χ0n) is 6.95. The fourth-order valence-corrected chi connectivity index (χ4v) is 1.40. The average molecular weight is 165 g/mol. The van der Waals surface area contributed by atoms with Gasteiger partial charge in [-0.05, 0) is 0 Å². The van der Waals surface area contributed by atoms with Gasteiger partial charge in [-0.1, -0.05) is 0 Å². The molecule has 1 fully saturated rings. The number of rotatable bonds is 1. The van der Waals surface area contributed by atoms with Crippen molar-refractivity contribution in [2.75, 3.05) is 26.2 Å². The van der Waals surface area contributed by atoms with Gasteiger partial charge in [-0.15, -0.1) is 0 Å². The van der Waals surface area contributed by atoms with Crippen LogP contribution >= 0.6 is 0 Å². The molecule has 1 saturated heterocycles. The first-order valence-corrected chi connectivity index (χ1v) is 4.24. The summed E-state index contributed by atoms with van der Waals surface area (Å²) < 4.78 is 0. The van der Waals surface area contributed by atoms with Gasteiger partial charge in [0, 0.05) is 32.4 Å². The minimum atomic E-state index is 1.06. The molecule has 0 aromatic carbocycles. The molecule has 12 heavy (non-hydrogen) atoms. The summed E-state index contributed by atoms with van der Waals surface area (Å²) in [6.45, 7) is 6.09. The predicted molar refractivity (Wildman–Crippen MR) is 48.5 cm³/mol. The lowest BCUT2D eigenvalue weighted by Gasteiger charge is -2.31. The van der Waals surface area contributed by atoms with E-state index in [9.17, 15) is 0 Å². The third-order valence-electron chi connectivity index (χ3n) is 2.05. The normalized spacial score (nSPS) is 23.3. The van der Waals surface area contributed by atoms with E-state index in [1.54, 1.807) is 6.21 Å². The van der Waals surface area contributed by atoms with E-state index in [1.807, 2.05) is 12.7 Å². The first kappa shape index (κ1) is 7.61. The molecule has 65 valence electrons. The van der Waals surface area contributed by atoms with Gasteiger partial charge in [-0.25, -0.2) is 0 Å². The summed E-state index contributed by atoms with van der Waals surface area (Å²) >= 11 is 0. The van der Waals surface area contributed by atoms with Crippen LogP contribution in [0.2, 0.25) is 0 Å². The van der Waals surface area contributed by atoms with Crippen LogP contribution in [0.1, 0.15) is 0 Å². The lowest BCUT2D eigenvalue weighted by Crippen LogP contribution is -2.45. The van der Waals surface area contributed by atoms with Crippen LogP contribution < -0.4 is 10.6 Å². The van der Waals surface area contributed by atoms with Crippen molar-refractivity contribution in [2.24, 2.45) is 4.99 Å². The minimum Gasteiger partial charge on any atom is -0.360 e. The van der Waals surface area contributed by atoms with Crippen molar-refractivity contribution < 1.29 is 0 Å². The van der Waals surface area contributed by atoms with E-state index in [4.69, 9.17) is 0 Å². The predicted octanol–water partition coefficient (Wildman–Crippen LogP) is -0.474. The van der Waals surface area contributed by atoms with E-state index in [0.29, 0.717) is 0 Å². The summed E-state index contributed by atoms with van der Waals surface area (Å²) in [5.41, 5.74) is 0. The van der Waals surface area contributed by atoms with Crippen molar-refractivity contribution in [2.45, 2.75) is 0 Å². The van der Waals surface area contributed by atoms with Crippen molar-refractivity contribution in [1.29, 1.82) is 0 Å². The topological polar surface area (TPSA) is 39.7 Å². The Kier molecular flexibility index (Phi) is 2.27. The second kappa shape index (κ2) is 3.58. The number of nitrogens with one attached hydrogen (secondary N) is 2. The van der Waals surface area contributed by atoms with Crippen LogP contribution in [0, 0.1) is 6.54 Å². The Labute approximate surface area is 72.3 Å². The van der Waals surface area contributed by atoms with Gasteiger partial charge in [-0.2, -0.15) is 0 Å². The second-order valence-corrected chi connectivity index (χ2v) is 2.86. The Morgan fingerprint density at radius 3 is 2.83 bits per heavy atom. The van der Waals surface area contributed by atoms with Gasteiger partial charge in [0.15, 0.2) is 0 Å². The van der Waals surface area contributed by atoms with Crippen molar-refractivity contribution in [1.82, 2.24) is 15.5 Å². The highest BCUT2D eigenvalue weighted by atomic mass is 15.3. The van der Waals surface area contributed by atoms with Crippen molar-refractivity contribution in [3.63, 3.8) is 0 Å². The van der Waals surface area contributed by atoms with Crippen LogP contribution in [0.15, 0.2) is 17.0 Å². The van der Waals surface area contributed by atoms with Gasteiger partial charge < -0.3 is 15.5 Å². The van der Waals surface area contributed by atoms with Crippen LogP contribution in [-0.4, -0.2) is 37.3 Å². The molecule has 2 aliphatic heterocycles. The highest BCUT2D eigenvalue weighted by molar-refractivity contribution is 5.69. The molecule has 0 spiro atoms. The first-order chi connectivity index (χ1) is 5.97. The van der Waals surface area contributed by atoms with Gasteiger partial charge in [0.05, 0.1) is 12.7 Å². The third-order valence-corrected chi connectivity index (χ3v) is 2.05. The molecule has 4 nitrogen and oxygen atoms in total. The smallest absolute Gasteiger partial charge is 0.121 e. The summed E-state index contributed by atoms with van der Waals surface area (Å²) in [6, 6.07) is 0. The molecular weight excluding hydrogens is 152 g/mol. The van der Waals surface area contributed by atoms with E-state index < -0.39 is 0 Å². The highest BCUT2D eigenvalue weighted by Gasteiger charge is 2.12. The Morgan fingerprint density at radius 1 is 1.33 bits per heavy atom. The average Bonchev–Trinajstić information content (AvgIpc) is 2.21. The summed E-state index contributed by atoms with van der Waals surface area (Å²) in [4.78, 5) is 6.36. The Hall–Kier alpha value is -1.03. The fraction of sp³-hybridized carbons (Fsp3) is 0.500. The Bertz CT molecular complexity index is 203. The monoisotopic (exact) mass is 165 g/mol. The van der Waals surface area contributed by atoms with E-state index >= 15 is 0 Å².